The minimum atomic E-state index is -0.0423. The molecule has 0 spiro atoms. The van der Waals surface area contributed by atoms with Crippen LogP contribution in [0.2, 0.25) is 0 Å². The first-order valence-electron chi connectivity index (χ1n) is 50.7. The maximum Gasteiger partial charge on any atom is 0.261 e. The minimum Gasteiger partial charge on any atom is -0.306 e. The molecule has 12 heterocycles. The Morgan fingerprint density at radius 1 is 0.238 bits per heavy atom. The van der Waals surface area contributed by atoms with Crippen LogP contribution in [0.25, 0.3) is 104 Å². The third-order valence-corrected chi connectivity index (χ3v) is 37.6. The normalized spacial score (nSPS) is 15.3. The number of benzene rings is 3. The van der Waals surface area contributed by atoms with Crippen LogP contribution in [0.15, 0.2) is 156 Å². The van der Waals surface area contributed by atoms with Crippen LogP contribution in [-0.4, -0.2) is 69.4 Å². The number of unbranched alkanes of at least 4 members (excludes halogenated alkanes) is 16. The van der Waals surface area contributed by atoms with Crippen molar-refractivity contribution in [3.63, 3.8) is 0 Å². The molecule has 11 aromatic rings. The maximum atomic E-state index is 16.3. The quantitative estimate of drug-likeness (QED) is 0.0356. The van der Waals surface area contributed by atoms with E-state index >= 15 is 19.2 Å². The van der Waals surface area contributed by atoms with Crippen LogP contribution in [0, 0.1) is 23.7 Å². The monoisotopic (exact) mass is 1890 g/mol. The Hall–Kier alpha value is -7.38. The number of thiophene rings is 8. The Bertz CT molecular complexity index is 5400. The Morgan fingerprint density at radius 2 is 0.500 bits per heavy atom. The van der Waals surface area contributed by atoms with Gasteiger partial charge in [0.2, 0.25) is 0 Å². The number of amides is 4. The molecule has 130 heavy (non-hydrogen) atoms. The molecular weight excluding hydrogens is 1750 g/mol. The van der Waals surface area contributed by atoms with Gasteiger partial charge in [0.25, 0.3) is 23.6 Å². The Morgan fingerprint density at radius 3 is 0.785 bits per heavy atom. The number of carbonyl (C=O) groups is 4. The van der Waals surface area contributed by atoms with Crippen molar-refractivity contribution in [3.8, 4) is 61.3 Å². The van der Waals surface area contributed by atoms with Crippen molar-refractivity contribution < 1.29 is 19.2 Å². The highest BCUT2D eigenvalue weighted by atomic mass is 32.1. The number of aryl methyl sites for hydroxylation is 4. The van der Waals surface area contributed by atoms with Crippen molar-refractivity contribution in [1.29, 1.82) is 0 Å². The number of fused-ring (bicyclic) bond motifs is 4. The first-order valence-corrected chi connectivity index (χ1v) is 57.2. The van der Waals surface area contributed by atoms with Gasteiger partial charge < -0.3 is 19.6 Å². The van der Waals surface area contributed by atoms with E-state index in [4.69, 9.17) is 0 Å². The predicted octanol–water partition coefficient (Wildman–Crippen LogP) is 35.5. The molecule has 4 aliphatic heterocycles. The van der Waals surface area contributed by atoms with Gasteiger partial charge in [-0.1, -0.05) is 286 Å². The second-order valence-electron chi connectivity index (χ2n) is 37.5. The molecule has 0 fully saturated rings. The van der Waals surface area contributed by atoms with E-state index in [0.717, 1.165) is 214 Å². The summed E-state index contributed by atoms with van der Waals surface area (Å²) in [4.78, 5) is 89.6. The lowest BCUT2D eigenvalue weighted by atomic mass is 9.98. The lowest BCUT2D eigenvalue weighted by Gasteiger charge is -2.29. The average Bonchev–Trinajstić information content (AvgIpc) is 1.57. The fraction of sp³-hybridized carbons (Fsp3) is 0.491. The van der Waals surface area contributed by atoms with Crippen LogP contribution in [-0.2, 0) is 44.9 Å². The third kappa shape index (κ3) is 21.6. The van der Waals surface area contributed by atoms with Crippen LogP contribution in [0.1, 0.15) is 329 Å². The van der Waals surface area contributed by atoms with Crippen LogP contribution < -0.4 is 0 Å². The maximum absolute atomic E-state index is 16.3. The molecule has 4 amide bonds. The average molecular weight is 1890 g/mol. The molecule has 0 saturated carbocycles. The topological polar surface area (TPSA) is 81.2 Å². The summed E-state index contributed by atoms with van der Waals surface area (Å²) in [5, 5.41) is 2.50. The highest BCUT2D eigenvalue weighted by Gasteiger charge is 2.52. The van der Waals surface area contributed by atoms with Gasteiger partial charge >= 0.3 is 0 Å². The Balaban J connectivity index is 0.882. The molecule has 0 saturated heterocycles. The van der Waals surface area contributed by atoms with Gasteiger partial charge in [0, 0.05) is 106 Å². The molecule has 0 aliphatic carbocycles. The van der Waals surface area contributed by atoms with Gasteiger partial charge in [0.05, 0.1) is 64.6 Å². The molecule has 16 heteroatoms. The summed E-state index contributed by atoms with van der Waals surface area (Å²) in [6.45, 7) is 29.5. The number of hydrogen-bond donors (Lipinski definition) is 0. The molecule has 15 rings (SSSR count). The van der Waals surface area contributed by atoms with Crippen LogP contribution in [0.4, 0.5) is 0 Å². The molecule has 0 bridgehead atoms. The van der Waals surface area contributed by atoms with Crippen molar-refractivity contribution in [2.75, 3.05) is 26.2 Å². The smallest absolute Gasteiger partial charge is 0.261 e. The van der Waals surface area contributed by atoms with Crippen molar-refractivity contribution in [2.45, 2.75) is 314 Å². The summed E-state index contributed by atoms with van der Waals surface area (Å²) in [5.74, 6) is 0.928. The fourth-order valence-electron chi connectivity index (χ4n) is 20.1. The van der Waals surface area contributed by atoms with E-state index in [-0.39, 0.29) is 47.3 Å². The Labute approximate surface area is 810 Å². The number of rotatable bonds is 54. The van der Waals surface area contributed by atoms with Crippen molar-refractivity contribution >= 4 is 157 Å². The third-order valence-electron chi connectivity index (χ3n) is 28.1. The second-order valence-corrected chi connectivity index (χ2v) is 46.3. The molecule has 3 aromatic carbocycles. The van der Waals surface area contributed by atoms with Crippen molar-refractivity contribution in [2.24, 2.45) is 23.7 Å². The zero-order valence-electron chi connectivity index (χ0n) is 80.0. The number of carbonyl (C=O) groups excluding carboxylic acids is 4. The summed E-state index contributed by atoms with van der Waals surface area (Å²) in [6.07, 6.45) is 40.4. The van der Waals surface area contributed by atoms with Gasteiger partial charge in [0.1, 0.15) is 0 Å². The summed E-state index contributed by atoms with van der Waals surface area (Å²) in [7, 11) is 0. The number of hydrogen-bond acceptors (Lipinski definition) is 12. The molecule has 4 unspecified atom stereocenters. The van der Waals surface area contributed by atoms with Crippen molar-refractivity contribution in [1.82, 2.24) is 19.6 Å². The molecule has 690 valence electrons. The van der Waals surface area contributed by atoms with Crippen LogP contribution in [0.3, 0.4) is 0 Å². The summed E-state index contributed by atoms with van der Waals surface area (Å²) >= 11 is 14.6. The first-order chi connectivity index (χ1) is 63.6. The zero-order chi connectivity index (χ0) is 90.9. The van der Waals surface area contributed by atoms with Gasteiger partial charge in [-0.25, -0.2) is 0 Å². The highest BCUT2D eigenvalue weighted by Crippen LogP contribution is 2.59. The molecule has 0 radical (unpaired) electrons. The van der Waals surface area contributed by atoms with E-state index < -0.39 is 0 Å². The molecular formula is C114H142N4O4S8. The zero-order valence-corrected chi connectivity index (χ0v) is 86.5. The molecule has 4 aliphatic rings. The molecule has 0 N–H and O–H groups in total. The summed E-state index contributed by atoms with van der Waals surface area (Å²) in [6, 6.07) is 50.8. The van der Waals surface area contributed by atoms with E-state index in [0.29, 0.717) is 48.5 Å². The second kappa shape index (κ2) is 46.7. The van der Waals surface area contributed by atoms with E-state index in [2.05, 4.69) is 236 Å². The van der Waals surface area contributed by atoms with E-state index in [9.17, 15) is 0 Å². The minimum absolute atomic E-state index is 0.0423. The van der Waals surface area contributed by atoms with Crippen LogP contribution in [0.5, 0.6) is 0 Å². The lowest BCUT2D eigenvalue weighted by Crippen LogP contribution is -2.34. The predicted molar refractivity (Wildman–Crippen MR) is 569 cm³/mol. The van der Waals surface area contributed by atoms with Gasteiger partial charge in [-0.15, -0.1) is 90.7 Å². The lowest BCUT2D eigenvalue weighted by molar-refractivity contribution is -0.124. The highest BCUT2D eigenvalue weighted by molar-refractivity contribution is 7.29. The van der Waals surface area contributed by atoms with Gasteiger partial charge in [-0.3, -0.25) is 19.2 Å². The van der Waals surface area contributed by atoms with Crippen LogP contribution >= 0.6 is 90.7 Å². The first kappa shape index (κ1) is 97.2. The van der Waals surface area contributed by atoms with Gasteiger partial charge in [0.15, 0.2) is 0 Å². The Kier molecular flexibility index (Phi) is 34.9. The molecule has 4 atom stereocenters. The summed E-state index contributed by atoms with van der Waals surface area (Å²) in [5.41, 5.74) is 13.1. The molecule has 8 aromatic heterocycles. The summed E-state index contributed by atoms with van der Waals surface area (Å²) < 4.78 is 2.54. The van der Waals surface area contributed by atoms with E-state index in [1.165, 1.54) is 162 Å². The van der Waals surface area contributed by atoms with Gasteiger partial charge in [-0.2, -0.15) is 0 Å². The fourth-order valence-corrected chi connectivity index (χ4v) is 29.4. The standard InChI is InChI=1S/C114H142N4O4S8/c1-13-25-33-37-45-79-49-53-81(54-50-79)87-61-65-93(125-87)105-101-103(113(121)115(105)71-75(21-9)41-29-17-5)107(117(111(101)119)73-77(23-11)43-31-19-7)95-67-63-89(127-95)97-69-85-99(91-59-57-83(123-91)47-39-35-27-15-3)110-86(100(109(85)129-97)92-60-58-84(124-92)48-40-36-28-16-4)70-98(130-110)90-64-68-96(128-90)108-104-102(112(120)118(108)74-78(24-12)44-32-20-8)106(116(114(104)122)72-76(22-10)42-30-18-6)94-66-62-88(126-94)82-55-51-80(52-56-82)46-38-34-26-14-2/h49-70,75-78H,13-48,71-74H2,1-12H3. The molecule has 8 nitrogen and oxygen atoms in total. The van der Waals surface area contributed by atoms with E-state index in [1.807, 2.05) is 45.3 Å². The number of nitrogens with zero attached hydrogens (tertiary/aromatic N) is 4. The SMILES string of the molecule is CCCCCCc1ccc(-c2ccc(C3=C4C(=O)N(CC(CC)CCCC)C(c5ccc(-c6cc7c(-c8ccc(CCCCCC)s8)c8sc(-c9ccc(C%10=C%11C(=O)N(CC(CC)CCCC)C(c%12ccc(-c%13ccc(CCCCCC)cc%13)s%12)=C%11C(=O)N%10CC(CC)CCCC)s9)cc8c(-c8ccc(CCCCCC)s8)c7s6)s5)=C4C(=O)N3CC(CC)CCCC)s2)cc1. The van der Waals surface area contributed by atoms with Crippen molar-refractivity contribution in [3.05, 3.63) is 196 Å². The van der Waals surface area contributed by atoms with Gasteiger partial charge in [-0.05, 0) is 208 Å². The largest absolute Gasteiger partial charge is 0.306 e. The van der Waals surface area contributed by atoms with E-state index in [1.54, 1.807) is 45.3 Å².